The highest BCUT2D eigenvalue weighted by molar-refractivity contribution is 5.47. The molecule has 2 heterocycles. The van der Waals surface area contributed by atoms with Crippen molar-refractivity contribution in [1.82, 2.24) is 0 Å². The van der Waals surface area contributed by atoms with Gasteiger partial charge in [-0.15, -0.1) is 0 Å². The van der Waals surface area contributed by atoms with Gasteiger partial charge in [0.15, 0.2) is 41.3 Å². The van der Waals surface area contributed by atoms with Gasteiger partial charge in [-0.1, -0.05) is 38.1 Å². The smallest absolute Gasteiger partial charge is 0.189 e. The van der Waals surface area contributed by atoms with E-state index >= 15 is 0 Å². The van der Waals surface area contributed by atoms with Crippen molar-refractivity contribution in [3.63, 3.8) is 0 Å². The monoisotopic (exact) mass is 730 g/mol. The van der Waals surface area contributed by atoms with Gasteiger partial charge in [0, 0.05) is 5.56 Å². The van der Waals surface area contributed by atoms with Crippen molar-refractivity contribution >= 4 is 0 Å². The minimum absolute atomic E-state index is 0.173. The van der Waals surface area contributed by atoms with Crippen LogP contribution in [0.5, 0.6) is 40.2 Å². The van der Waals surface area contributed by atoms with Gasteiger partial charge in [0.05, 0.1) is 47.3 Å². The molecule has 11 heteroatoms. The molecule has 0 radical (unpaired) electrons. The molecular weight excluding hydrogens is 680 g/mol. The van der Waals surface area contributed by atoms with Crippen LogP contribution in [0, 0.1) is 11.8 Å². The Hall–Kier alpha value is -4.68. The van der Waals surface area contributed by atoms with E-state index in [0.29, 0.717) is 52.2 Å². The number of methoxy groups -OCH3 is 4. The number of aliphatic hydroxyl groups is 2. The number of ether oxygens (including phenoxy) is 9. The number of fused-ring (bicyclic) bond motifs is 1. The van der Waals surface area contributed by atoms with Crippen molar-refractivity contribution in [2.24, 2.45) is 11.8 Å². The molecule has 1 fully saturated rings. The molecule has 2 N–H and O–H groups in total. The first-order valence-electron chi connectivity index (χ1n) is 17.8. The summed E-state index contributed by atoms with van der Waals surface area (Å²) in [6.45, 7) is 8.65. The Morgan fingerprint density at radius 1 is 0.585 bits per heavy atom. The van der Waals surface area contributed by atoms with Crippen LogP contribution >= 0.6 is 0 Å². The first kappa shape index (κ1) is 38.1. The van der Waals surface area contributed by atoms with Crippen LogP contribution < -0.4 is 33.2 Å². The molecule has 0 aromatic heterocycles. The van der Waals surface area contributed by atoms with Crippen LogP contribution in [0.1, 0.15) is 79.9 Å². The van der Waals surface area contributed by atoms with Gasteiger partial charge in [0.1, 0.15) is 30.2 Å². The average Bonchev–Trinajstić information content (AvgIpc) is 3.49. The molecule has 0 aliphatic carbocycles. The lowest BCUT2D eigenvalue weighted by Crippen LogP contribution is -2.22. The lowest BCUT2D eigenvalue weighted by Gasteiger charge is -2.25. The summed E-state index contributed by atoms with van der Waals surface area (Å²) in [6, 6.07) is 22.4. The number of aliphatic hydroxyl groups excluding tert-OH is 2. The normalized spacial score (nSPS) is 21.7. The molecule has 6 rings (SSSR count). The molecule has 0 amide bonds. The Morgan fingerprint density at radius 3 is 1.58 bits per heavy atom. The number of benzene rings is 4. The van der Waals surface area contributed by atoms with Crippen molar-refractivity contribution in [3.05, 3.63) is 101 Å². The molecule has 0 saturated carbocycles. The van der Waals surface area contributed by atoms with E-state index in [1.807, 2.05) is 61.5 Å². The van der Waals surface area contributed by atoms with Crippen LogP contribution in [-0.2, 0) is 16.1 Å². The van der Waals surface area contributed by atoms with E-state index in [9.17, 15) is 10.2 Å². The van der Waals surface area contributed by atoms with Gasteiger partial charge < -0.3 is 52.8 Å². The highest BCUT2D eigenvalue weighted by Crippen LogP contribution is 2.51. The first-order chi connectivity index (χ1) is 25.6. The average molecular weight is 731 g/mol. The van der Waals surface area contributed by atoms with E-state index in [2.05, 4.69) is 13.8 Å². The van der Waals surface area contributed by atoms with Gasteiger partial charge in [0.2, 0.25) is 0 Å². The second-order valence-corrected chi connectivity index (χ2v) is 13.6. The summed E-state index contributed by atoms with van der Waals surface area (Å²) in [4.78, 5) is 0. The minimum atomic E-state index is -0.929. The molecule has 2 aliphatic rings. The summed E-state index contributed by atoms with van der Waals surface area (Å²) in [5.41, 5.74) is 4.16. The third-order valence-corrected chi connectivity index (χ3v) is 10.4. The molecule has 11 nitrogen and oxygen atoms in total. The van der Waals surface area contributed by atoms with E-state index in [1.54, 1.807) is 53.6 Å². The molecule has 53 heavy (non-hydrogen) atoms. The Kier molecular flexibility index (Phi) is 11.9. The summed E-state index contributed by atoms with van der Waals surface area (Å²) >= 11 is 0. The van der Waals surface area contributed by atoms with Gasteiger partial charge in [-0.2, -0.15) is 0 Å². The maximum absolute atomic E-state index is 11.1. The predicted molar refractivity (Wildman–Crippen MR) is 197 cm³/mol. The van der Waals surface area contributed by atoms with Crippen LogP contribution in [0.3, 0.4) is 0 Å². The third kappa shape index (κ3) is 7.99. The van der Waals surface area contributed by atoms with E-state index in [4.69, 9.17) is 42.6 Å². The fourth-order valence-corrected chi connectivity index (χ4v) is 7.04. The lowest BCUT2D eigenvalue weighted by molar-refractivity contribution is -0.0167. The van der Waals surface area contributed by atoms with Crippen LogP contribution in [0.25, 0.3) is 0 Å². The van der Waals surface area contributed by atoms with Crippen LogP contribution in [0.2, 0.25) is 0 Å². The largest absolute Gasteiger partial charge is 0.493 e. The molecule has 0 spiro atoms. The Morgan fingerprint density at radius 2 is 1.06 bits per heavy atom. The summed E-state index contributed by atoms with van der Waals surface area (Å²) < 4.78 is 52.4. The molecule has 1 saturated heterocycles. The Balaban J connectivity index is 1.14. The highest BCUT2D eigenvalue weighted by Gasteiger charge is 2.41. The first-order valence-corrected chi connectivity index (χ1v) is 17.8. The van der Waals surface area contributed by atoms with Crippen LogP contribution in [0.4, 0.5) is 0 Å². The fraction of sp³-hybridized carbons (Fsp3) is 0.429. The molecular formula is C42H50O11. The van der Waals surface area contributed by atoms with Crippen molar-refractivity contribution in [2.75, 3.05) is 35.2 Å². The van der Waals surface area contributed by atoms with Gasteiger partial charge in [-0.05, 0) is 96.5 Å². The molecule has 0 bridgehead atoms. The van der Waals surface area contributed by atoms with E-state index in [0.717, 1.165) is 22.4 Å². The van der Waals surface area contributed by atoms with Crippen molar-refractivity contribution in [3.8, 4) is 40.2 Å². The molecule has 8 unspecified atom stereocenters. The number of rotatable bonds is 14. The highest BCUT2D eigenvalue weighted by atomic mass is 16.7. The fourth-order valence-electron chi connectivity index (χ4n) is 7.04. The summed E-state index contributed by atoms with van der Waals surface area (Å²) in [5.74, 6) is 4.33. The quantitative estimate of drug-likeness (QED) is 0.133. The number of hydrogen-bond acceptors (Lipinski definition) is 11. The van der Waals surface area contributed by atoms with Crippen molar-refractivity contribution in [2.45, 2.75) is 70.9 Å². The SMILES string of the molecule is COc1ccc(C(O)C(C)Oc2ccc(C3OC(c4ccc(OC(C)C(O)c5ccc6c(c5)COCO6)c(OC)c4)C(C)C3C)cc2OC)cc1OC. The zero-order chi connectivity index (χ0) is 37.8. The maximum atomic E-state index is 11.1. The molecule has 284 valence electrons. The number of hydrogen-bond donors (Lipinski definition) is 2. The maximum Gasteiger partial charge on any atom is 0.189 e. The van der Waals surface area contributed by atoms with Gasteiger partial charge in [0.25, 0.3) is 0 Å². The van der Waals surface area contributed by atoms with Crippen LogP contribution in [-0.4, -0.2) is 57.7 Å². The second-order valence-electron chi connectivity index (χ2n) is 13.6. The standard InChI is InChI=1S/C42H50O11/c1-23-24(2)42(30-12-16-35(38(20-30)48-8)52-26(4)40(44)28-10-14-33(45-5)36(18-28)46-6)53-41(23)29-11-15-34(37(19-29)47-7)51-25(3)39(43)27-9-13-32-31(17-27)21-49-22-50-32/h9-20,23-26,39-44H,21-22H2,1-8H3. The zero-order valence-electron chi connectivity index (χ0n) is 31.5. The molecule has 4 aromatic rings. The second kappa shape index (κ2) is 16.6. The van der Waals surface area contributed by atoms with Gasteiger partial charge in [-0.3, -0.25) is 0 Å². The summed E-state index contributed by atoms with van der Waals surface area (Å²) in [7, 11) is 6.32. The van der Waals surface area contributed by atoms with Crippen molar-refractivity contribution in [1.29, 1.82) is 0 Å². The molecule has 4 aromatic carbocycles. The van der Waals surface area contributed by atoms with E-state index in [-0.39, 0.29) is 30.8 Å². The van der Waals surface area contributed by atoms with E-state index < -0.39 is 24.4 Å². The minimum Gasteiger partial charge on any atom is -0.493 e. The summed E-state index contributed by atoms with van der Waals surface area (Å²) in [6.07, 6.45) is -3.40. The topological polar surface area (TPSA) is 124 Å². The predicted octanol–water partition coefficient (Wildman–Crippen LogP) is 7.67. The van der Waals surface area contributed by atoms with Crippen LogP contribution in [0.15, 0.2) is 72.8 Å². The zero-order valence-corrected chi connectivity index (χ0v) is 31.5. The Labute approximate surface area is 311 Å². The summed E-state index contributed by atoms with van der Waals surface area (Å²) in [5, 5.41) is 22.3. The third-order valence-electron chi connectivity index (χ3n) is 10.4. The molecule has 8 atom stereocenters. The lowest BCUT2D eigenvalue weighted by atomic mass is 9.85. The van der Waals surface area contributed by atoms with Gasteiger partial charge in [-0.25, -0.2) is 0 Å². The van der Waals surface area contributed by atoms with E-state index in [1.165, 1.54) is 0 Å². The Bertz CT molecular complexity index is 1750. The van der Waals surface area contributed by atoms with Gasteiger partial charge >= 0.3 is 0 Å². The molecule has 2 aliphatic heterocycles. The van der Waals surface area contributed by atoms with Crippen molar-refractivity contribution < 1.29 is 52.8 Å².